The SMILES string of the molecule is CN1[C@@H]2CC[C@H]1CC(N1CCC(n3cc(-c4ccc(Oc5ccccc5)cc4)c4c(N)ncnc43)CC1)C2. The first-order valence-corrected chi connectivity index (χ1v) is 14.0. The van der Waals surface area contributed by atoms with Gasteiger partial charge in [-0.2, -0.15) is 0 Å². The van der Waals surface area contributed by atoms with Gasteiger partial charge in [0.05, 0.1) is 5.39 Å². The Morgan fingerprint density at radius 1 is 0.789 bits per heavy atom. The van der Waals surface area contributed by atoms with E-state index >= 15 is 0 Å². The zero-order chi connectivity index (χ0) is 25.6. The molecule has 1 unspecified atom stereocenters. The first-order valence-electron chi connectivity index (χ1n) is 14.0. The number of likely N-dealkylation sites (tertiary alicyclic amines) is 1. The van der Waals surface area contributed by atoms with Crippen LogP contribution >= 0.6 is 0 Å². The van der Waals surface area contributed by atoms with Gasteiger partial charge in [0.2, 0.25) is 0 Å². The Kier molecular flexibility index (Phi) is 6.05. The Bertz CT molecular complexity index is 1400. The molecule has 2 aromatic carbocycles. The van der Waals surface area contributed by atoms with Crippen molar-refractivity contribution in [2.45, 2.75) is 62.7 Å². The first-order chi connectivity index (χ1) is 18.6. The first kappa shape index (κ1) is 23.7. The lowest BCUT2D eigenvalue weighted by molar-refractivity contribution is 0.0547. The predicted molar refractivity (Wildman–Crippen MR) is 151 cm³/mol. The smallest absolute Gasteiger partial charge is 0.146 e. The van der Waals surface area contributed by atoms with E-state index in [4.69, 9.17) is 15.5 Å². The second-order valence-electron chi connectivity index (χ2n) is 11.3. The molecule has 196 valence electrons. The molecule has 2 aromatic heterocycles. The number of ether oxygens (including phenoxy) is 1. The van der Waals surface area contributed by atoms with Crippen LogP contribution in [0.3, 0.4) is 0 Å². The van der Waals surface area contributed by atoms with Gasteiger partial charge >= 0.3 is 0 Å². The summed E-state index contributed by atoms with van der Waals surface area (Å²) in [5, 5.41) is 0.943. The summed E-state index contributed by atoms with van der Waals surface area (Å²) in [6.07, 6.45) is 11.6. The molecule has 2 N–H and O–H groups in total. The number of nitrogen functional groups attached to an aromatic ring is 1. The number of hydrogen-bond acceptors (Lipinski definition) is 6. The van der Waals surface area contributed by atoms with Crippen molar-refractivity contribution in [1.82, 2.24) is 24.3 Å². The lowest BCUT2D eigenvalue weighted by atomic mass is 9.93. The largest absolute Gasteiger partial charge is 0.457 e. The number of rotatable bonds is 5. The van der Waals surface area contributed by atoms with Gasteiger partial charge < -0.3 is 24.8 Å². The van der Waals surface area contributed by atoms with Crippen LogP contribution in [0.4, 0.5) is 5.82 Å². The minimum absolute atomic E-state index is 0.417. The molecule has 7 heteroatoms. The average molecular weight is 509 g/mol. The third kappa shape index (κ3) is 4.24. The number of para-hydroxylation sites is 1. The van der Waals surface area contributed by atoms with Crippen molar-refractivity contribution < 1.29 is 4.74 Å². The van der Waals surface area contributed by atoms with E-state index in [1.165, 1.54) is 25.7 Å². The topological polar surface area (TPSA) is 72.4 Å². The predicted octanol–water partition coefficient (Wildman–Crippen LogP) is 5.73. The molecule has 3 aliphatic heterocycles. The highest BCUT2D eigenvalue weighted by molar-refractivity contribution is 6.00. The van der Waals surface area contributed by atoms with Crippen molar-refractivity contribution in [2.24, 2.45) is 0 Å². The number of fused-ring (bicyclic) bond motifs is 3. The van der Waals surface area contributed by atoms with Crippen molar-refractivity contribution in [1.29, 1.82) is 0 Å². The van der Waals surface area contributed by atoms with E-state index in [9.17, 15) is 0 Å². The second kappa shape index (κ2) is 9.71. The molecule has 2 bridgehead atoms. The van der Waals surface area contributed by atoms with E-state index in [1.807, 2.05) is 42.5 Å². The molecular weight excluding hydrogens is 472 g/mol. The molecular formula is C31H36N6O. The van der Waals surface area contributed by atoms with Crippen LogP contribution < -0.4 is 10.5 Å². The Balaban J connectivity index is 1.11. The Labute approximate surface area is 224 Å². The standard InChI is InChI=1S/C31H36N6O/c1-35-23-9-10-24(35)18-25(17-23)36-15-13-22(14-16-36)37-19-28(29-30(32)33-20-34-31(29)37)21-7-11-27(12-8-21)38-26-5-3-2-4-6-26/h2-8,11-12,19-20,22-25H,9-10,13-18H2,1H3,(H2,32,33,34)/t23-,24+,25?. The molecule has 7 rings (SSSR count). The minimum Gasteiger partial charge on any atom is -0.457 e. The highest BCUT2D eigenvalue weighted by atomic mass is 16.5. The average Bonchev–Trinajstić information content (AvgIpc) is 3.42. The quantitative estimate of drug-likeness (QED) is 0.371. The van der Waals surface area contributed by atoms with Gasteiger partial charge in [-0.05, 0) is 75.4 Å². The zero-order valence-electron chi connectivity index (χ0n) is 22.0. The van der Waals surface area contributed by atoms with Gasteiger partial charge in [0.1, 0.15) is 29.3 Å². The van der Waals surface area contributed by atoms with Gasteiger partial charge in [-0.1, -0.05) is 30.3 Å². The van der Waals surface area contributed by atoms with Gasteiger partial charge in [-0.25, -0.2) is 9.97 Å². The Hall–Kier alpha value is -3.42. The molecule has 4 aromatic rings. The fourth-order valence-electron chi connectivity index (χ4n) is 7.14. The molecule has 0 radical (unpaired) electrons. The van der Waals surface area contributed by atoms with Crippen LogP contribution in [0.2, 0.25) is 0 Å². The molecule has 3 aliphatic rings. The van der Waals surface area contributed by atoms with Crippen molar-refractivity contribution >= 4 is 16.9 Å². The third-order valence-corrected chi connectivity index (χ3v) is 9.27. The molecule has 3 fully saturated rings. The maximum atomic E-state index is 6.43. The van der Waals surface area contributed by atoms with E-state index in [2.05, 4.69) is 44.7 Å². The lowest BCUT2D eigenvalue weighted by Gasteiger charge is -2.44. The maximum Gasteiger partial charge on any atom is 0.146 e. The van der Waals surface area contributed by atoms with Gasteiger partial charge in [-0.15, -0.1) is 0 Å². The monoisotopic (exact) mass is 508 g/mol. The van der Waals surface area contributed by atoms with Crippen LogP contribution in [-0.2, 0) is 0 Å². The van der Waals surface area contributed by atoms with Crippen LogP contribution in [0.15, 0.2) is 67.1 Å². The van der Waals surface area contributed by atoms with Crippen molar-refractivity contribution in [3.05, 3.63) is 67.1 Å². The molecule has 38 heavy (non-hydrogen) atoms. The summed E-state index contributed by atoms with van der Waals surface area (Å²) in [5.41, 5.74) is 9.54. The molecule has 3 saturated heterocycles. The molecule has 0 saturated carbocycles. The van der Waals surface area contributed by atoms with Crippen molar-refractivity contribution in [2.75, 3.05) is 25.9 Å². The third-order valence-electron chi connectivity index (χ3n) is 9.27. The summed E-state index contributed by atoms with van der Waals surface area (Å²) >= 11 is 0. The van der Waals surface area contributed by atoms with Crippen molar-refractivity contribution in [3.8, 4) is 22.6 Å². The highest BCUT2D eigenvalue weighted by Gasteiger charge is 2.41. The summed E-state index contributed by atoms with van der Waals surface area (Å²) in [7, 11) is 2.33. The second-order valence-corrected chi connectivity index (χ2v) is 11.3. The lowest BCUT2D eigenvalue weighted by Crippen LogP contribution is -2.51. The van der Waals surface area contributed by atoms with E-state index in [0.29, 0.717) is 11.9 Å². The van der Waals surface area contributed by atoms with E-state index in [0.717, 1.165) is 77.7 Å². The van der Waals surface area contributed by atoms with E-state index in [-0.39, 0.29) is 0 Å². The summed E-state index contributed by atoms with van der Waals surface area (Å²) < 4.78 is 8.37. The summed E-state index contributed by atoms with van der Waals surface area (Å²) in [5.74, 6) is 2.17. The summed E-state index contributed by atoms with van der Waals surface area (Å²) in [6, 6.07) is 20.8. The molecule has 0 amide bonds. The molecule has 0 spiro atoms. The molecule has 7 nitrogen and oxygen atoms in total. The van der Waals surface area contributed by atoms with Gasteiger partial charge in [0, 0.05) is 49.0 Å². The number of aromatic nitrogens is 3. The fraction of sp³-hybridized carbons (Fsp3) is 0.419. The molecule has 5 heterocycles. The zero-order valence-corrected chi connectivity index (χ0v) is 22.0. The normalized spacial score (nSPS) is 24.7. The number of nitrogens with zero attached hydrogens (tertiary/aromatic N) is 5. The van der Waals surface area contributed by atoms with Crippen molar-refractivity contribution in [3.63, 3.8) is 0 Å². The number of benzene rings is 2. The molecule has 0 aliphatic carbocycles. The number of nitrogens with two attached hydrogens (primary N) is 1. The molecule has 3 atom stereocenters. The minimum atomic E-state index is 0.417. The van der Waals surface area contributed by atoms with E-state index in [1.54, 1.807) is 6.33 Å². The Morgan fingerprint density at radius 3 is 2.18 bits per heavy atom. The van der Waals surface area contributed by atoms with Crippen LogP contribution in [0.1, 0.15) is 44.6 Å². The van der Waals surface area contributed by atoms with Gasteiger partial charge in [0.15, 0.2) is 0 Å². The number of anilines is 1. The number of hydrogen-bond donors (Lipinski definition) is 1. The van der Waals surface area contributed by atoms with Crippen LogP contribution in [0.5, 0.6) is 11.5 Å². The summed E-state index contributed by atoms with van der Waals surface area (Å²) in [4.78, 5) is 14.5. The van der Waals surface area contributed by atoms with Gasteiger partial charge in [0.25, 0.3) is 0 Å². The van der Waals surface area contributed by atoms with Crippen LogP contribution in [0.25, 0.3) is 22.2 Å². The van der Waals surface area contributed by atoms with E-state index < -0.39 is 0 Å². The summed E-state index contributed by atoms with van der Waals surface area (Å²) in [6.45, 7) is 2.30. The number of piperidine rings is 2. The highest BCUT2D eigenvalue weighted by Crippen LogP contribution is 2.40. The van der Waals surface area contributed by atoms with Gasteiger partial charge in [-0.3, -0.25) is 0 Å². The Morgan fingerprint density at radius 2 is 1.47 bits per heavy atom. The maximum absolute atomic E-state index is 6.43. The van der Waals surface area contributed by atoms with Crippen LogP contribution in [-0.4, -0.2) is 62.6 Å². The fourth-order valence-corrected chi connectivity index (χ4v) is 7.14. The van der Waals surface area contributed by atoms with Crippen LogP contribution in [0, 0.1) is 0 Å².